The van der Waals surface area contributed by atoms with Gasteiger partial charge in [0.2, 0.25) is 5.95 Å². The second-order valence-electron chi connectivity index (χ2n) is 6.46. The number of hydrogen-bond acceptors (Lipinski definition) is 4. The Hall–Kier alpha value is -4.03. The van der Waals surface area contributed by atoms with Gasteiger partial charge < -0.3 is 10.1 Å². The van der Waals surface area contributed by atoms with Crippen LogP contribution in [0.4, 0.5) is 32.7 Å². The number of halogens is 5. The van der Waals surface area contributed by atoms with Crippen molar-refractivity contribution in [2.24, 2.45) is 0 Å². The number of aromatic nitrogens is 4. The number of nitrogens with one attached hydrogen (secondary N) is 2. The fraction of sp³-hybridized carbons (Fsp3) is 0.111. The van der Waals surface area contributed by atoms with E-state index >= 15 is 0 Å². The van der Waals surface area contributed by atoms with Gasteiger partial charge in [0, 0.05) is 5.56 Å². The van der Waals surface area contributed by atoms with Gasteiger partial charge >= 0.3 is 12.3 Å². The molecular weight excluding hydrogens is 429 g/mol. The topological polar surface area (TPSA) is 115 Å². The van der Waals surface area contributed by atoms with Gasteiger partial charge in [-0.05, 0) is 24.3 Å². The van der Waals surface area contributed by atoms with Crippen LogP contribution in [0.2, 0.25) is 0 Å². The zero-order valence-corrected chi connectivity index (χ0v) is 15.1. The Labute approximate surface area is 167 Å². The summed E-state index contributed by atoms with van der Waals surface area (Å²) in [7, 11) is 0. The first-order chi connectivity index (χ1) is 14.5. The lowest BCUT2D eigenvalue weighted by atomic mass is 10.0. The van der Waals surface area contributed by atoms with Crippen LogP contribution in [-0.4, -0.2) is 44.1 Å². The van der Waals surface area contributed by atoms with E-state index in [1.165, 1.54) is 18.2 Å². The summed E-state index contributed by atoms with van der Waals surface area (Å²) < 4.78 is 66.6. The van der Waals surface area contributed by atoms with Crippen molar-refractivity contribution in [2.75, 3.05) is 11.4 Å². The van der Waals surface area contributed by atoms with Gasteiger partial charge in [0.25, 0.3) is 5.56 Å². The second kappa shape index (κ2) is 7.04. The molecule has 0 saturated heterocycles. The molecule has 0 bridgehead atoms. The predicted molar refractivity (Wildman–Crippen MR) is 98.8 cm³/mol. The molecule has 3 N–H and O–H groups in total. The number of carboxylic acid groups (broad SMARTS) is 1. The van der Waals surface area contributed by atoms with Crippen LogP contribution in [0.5, 0.6) is 0 Å². The Kier molecular flexibility index (Phi) is 4.60. The van der Waals surface area contributed by atoms with Crippen molar-refractivity contribution >= 4 is 33.8 Å². The van der Waals surface area contributed by atoms with E-state index in [1.807, 2.05) is 0 Å². The first-order valence-electron chi connectivity index (χ1n) is 8.49. The van der Waals surface area contributed by atoms with Crippen LogP contribution in [0.15, 0.2) is 35.1 Å². The monoisotopic (exact) mass is 439 g/mol. The number of carbonyl (C=O) groups is 1. The molecule has 0 aliphatic rings. The smallest absolute Gasteiger partial charge is 0.414 e. The Morgan fingerprint density at radius 2 is 1.77 bits per heavy atom. The molecule has 0 spiro atoms. The molecule has 4 aromatic rings. The highest BCUT2D eigenvalue weighted by Gasteiger charge is 2.35. The van der Waals surface area contributed by atoms with Crippen molar-refractivity contribution in [3.8, 4) is 11.3 Å². The molecule has 0 aliphatic heterocycles. The molecule has 0 saturated carbocycles. The molecule has 2 aromatic heterocycles. The van der Waals surface area contributed by atoms with Gasteiger partial charge in [-0.3, -0.25) is 4.79 Å². The van der Waals surface area contributed by atoms with Gasteiger partial charge in [0.05, 0.1) is 21.8 Å². The van der Waals surface area contributed by atoms with E-state index in [4.69, 9.17) is 5.11 Å². The average Bonchev–Trinajstić information content (AvgIpc) is 3.11. The maximum atomic E-state index is 14.4. The van der Waals surface area contributed by atoms with Gasteiger partial charge in [-0.1, -0.05) is 6.07 Å². The van der Waals surface area contributed by atoms with E-state index in [0.29, 0.717) is 0 Å². The Morgan fingerprint density at radius 3 is 2.42 bits per heavy atom. The molecule has 4 rings (SSSR count). The predicted octanol–water partition coefficient (Wildman–Crippen LogP) is 3.79. The first kappa shape index (κ1) is 20.3. The minimum absolute atomic E-state index is 0.0115. The highest BCUT2D eigenvalue weighted by Crippen LogP contribution is 2.30. The number of aromatic amines is 2. The summed E-state index contributed by atoms with van der Waals surface area (Å²) in [6, 6.07) is 5.63. The Bertz CT molecular complexity index is 1400. The van der Waals surface area contributed by atoms with Crippen LogP contribution in [0.3, 0.4) is 0 Å². The molecule has 2 aromatic carbocycles. The van der Waals surface area contributed by atoms with Crippen LogP contribution in [0.1, 0.15) is 0 Å². The molecule has 0 fully saturated rings. The zero-order valence-electron chi connectivity index (χ0n) is 15.1. The third-order valence-electron chi connectivity index (χ3n) is 4.40. The summed E-state index contributed by atoms with van der Waals surface area (Å²) in [5, 5.41) is 14.0. The largest absolute Gasteiger partial charge is 0.465 e. The first-order valence-corrected chi connectivity index (χ1v) is 8.49. The molecule has 1 amide bonds. The number of rotatable bonds is 3. The lowest BCUT2D eigenvalue weighted by Crippen LogP contribution is -2.38. The number of alkyl halides is 3. The average molecular weight is 439 g/mol. The summed E-state index contributed by atoms with van der Waals surface area (Å²) in [6.07, 6.45) is -6.68. The number of amides is 1. The number of imidazole rings is 1. The zero-order chi connectivity index (χ0) is 22.5. The standard InChI is InChI=1S/C18H10F5N5O3/c19-8-2-3-9(20)13-12(8)14(26-27-15(13)29)7-1-4-10-11(5-7)25-16(24-10)28(17(30)31)6-18(21,22)23/h1-5H,6H2,(H,24,25)(H,27,29)(H,30,31). The van der Waals surface area contributed by atoms with Crippen molar-refractivity contribution in [3.05, 3.63) is 52.3 Å². The molecule has 0 radical (unpaired) electrons. The Morgan fingerprint density at radius 1 is 1.10 bits per heavy atom. The van der Waals surface area contributed by atoms with Crippen LogP contribution in [-0.2, 0) is 0 Å². The summed E-state index contributed by atoms with van der Waals surface area (Å²) in [5.41, 5.74) is -0.669. The van der Waals surface area contributed by atoms with Crippen LogP contribution >= 0.6 is 0 Å². The third-order valence-corrected chi connectivity index (χ3v) is 4.40. The summed E-state index contributed by atoms with van der Waals surface area (Å²) in [6.45, 7) is -1.79. The number of fused-ring (bicyclic) bond motifs is 2. The van der Waals surface area contributed by atoms with E-state index in [1.54, 1.807) is 0 Å². The maximum Gasteiger partial charge on any atom is 0.414 e. The quantitative estimate of drug-likeness (QED) is 0.420. The molecule has 13 heteroatoms. The molecule has 0 atom stereocenters. The maximum absolute atomic E-state index is 14.4. The van der Waals surface area contributed by atoms with E-state index < -0.39 is 47.3 Å². The number of anilines is 1. The van der Waals surface area contributed by atoms with Gasteiger partial charge in [0.15, 0.2) is 0 Å². The highest BCUT2D eigenvalue weighted by atomic mass is 19.4. The molecule has 0 aliphatic carbocycles. The summed E-state index contributed by atoms with van der Waals surface area (Å²) in [4.78, 5) is 29.4. The fourth-order valence-electron chi connectivity index (χ4n) is 3.12. The molecular formula is C18H10F5N5O3. The van der Waals surface area contributed by atoms with E-state index in [-0.39, 0.29) is 32.6 Å². The van der Waals surface area contributed by atoms with E-state index in [9.17, 15) is 31.5 Å². The molecule has 31 heavy (non-hydrogen) atoms. The second-order valence-corrected chi connectivity index (χ2v) is 6.46. The highest BCUT2D eigenvalue weighted by molar-refractivity contribution is 5.96. The molecule has 160 valence electrons. The van der Waals surface area contributed by atoms with Gasteiger partial charge in [0.1, 0.15) is 23.9 Å². The minimum Gasteiger partial charge on any atom is -0.465 e. The number of hydrogen-bond donors (Lipinski definition) is 3. The van der Waals surface area contributed by atoms with E-state index in [0.717, 1.165) is 12.1 Å². The number of H-pyrrole nitrogens is 2. The van der Waals surface area contributed by atoms with Crippen molar-refractivity contribution in [2.45, 2.75) is 6.18 Å². The van der Waals surface area contributed by atoms with Crippen molar-refractivity contribution in [1.82, 2.24) is 20.2 Å². The van der Waals surface area contributed by atoms with Crippen molar-refractivity contribution < 1.29 is 31.9 Å². The van der Waals surface area contributed by atoms with Crippen molar-refractivity contribution in [1.29, 1.82) is 0 Å². The number of benzene rings is 2. The normalized spacial score (nSPS) is 11.9. The van der Waals surface area contributed by atoms with Crippen molar-refractivity contribution in [3.63, 3.8) is 0 Å². The minimum atomic E-state index is -4.80. The van der Waals surface area contributed by atoms with Gasteiger partial charge in [-0.2, -0.15) is 18.3 Å². The lowest BCUT2D eigenvalue weighted by Gasteiger charge is -2.17. The summed E-state index contributed by atoms with van der Waals surface area (Å²) >= 11 is 0. The third kappa shape index (κ3) is 3.65. The lowest BCUT2D eigenvalue weighted by molar-refractivity contribution is -0.119. The van der Waals surface area contributed by atoms with Gasteiger partial charge in [-0.25, -0.2) is 28.6 Å². The van der Waals surface area contributed by atoms with Crippen LogP contribution in [0, 0.1) is 11.6 Å². The molecule has 2 heterocycles. The Balaban J connectivity index is 1.87. The van der Waals surface area contributed by atoms with Crippen LogP contribution < -0.4 is 10.5 Å². The van der Waals surface area contributed by atoms with Gasteiger partial charge in [-0.15, -0.1) is 0 Å². The molecule has 8 nitrogen and oxygen atoms in total. The van der Waals surface area contributed by atoms with E-state index in [2.05, 4.69) is 20.2 Å². The molecule has 0 unspecified atom stereocenters. The summed E-state index contributed by atoms with van der Waals surface area (Å²) in [5.74, 6) is -2.44. The fourth-order valence-corrected chi connectivity index (χ4v) is 3.12. The number of nitrogens with zero attached hydrogens (tertiary/aromatic N) is 3. The SMILES string of the molecule is O=C(O)N(CC(F)(F)F)c1nc2ccc(-c3n[nH]c(=O)c4c(F)ccc(F)c34)cc2[nH]1. The van der Waals surface area contributed by atoms with Crippen LogP contribution in [0.25, 0.3) is 33.1 Å².